The van der Waals surface area contributed by atoms with Crippen LogP contribution in [-0.2, 0) is 0 Å². The minimum Gasteiger partial charge on any atom is -0.303 e. The van der Waals surface area contributed by atoms with Gasteiger partial charge in [0.2, 0.25) is 0 Å². The summed E-state index contributed by atoms with van der Waals surface area (Å²) < 4.78 is 13.7. The van der Waals surface area contributed by atoms with Crippen molar-refractivity contribution < 1.29 is 4.39 Å². The zero-order valence-corrected chi connectivity index (χ0v) is 19.2. The van der Waals surface area contributed by atoms with E-state index < -0.39 is 5.67 Å². The molecule has 0 aromatic heterocycles. The van der Waals surface area contributed by atoms with E-state index >= 15 is 0 Å². The van der Waals surface area contributed by atoms with Crippen LogP contribution < -0.4 is 0 Å². The molecule has 1 rings (SSSR count). The molecule has 160 valence electrons. The first-order valence-corrected chi connectivity index (χ1v) is 11.9. The van der Waals surface area contributed by atoms with Gasteiger partial charge >= 0.3 is 0 Å². The lowest BCUT2D eigenvalue weighted by Gasteiger charge is -2.39. The van der Waals surface area contributed by atoms with Gasteiger partial charge in [-0.2, -0.15) is 0 Å². The van der Waals surface area contributed by atoms with Gasteiger partial charge in [-0.25, -0.2) is 4.39 Å². The highest BCUT2D eigenvalue weighted by Gasteiger charge is 2.39. The second kappa shape index (κ2) is 13.0. The lowest BCUT2D eigenvalue weighted by atomic mass is 9.71. The first-order valence-electron chi connectivity index (χ1n) is 11.9. The molecule has 27 heavy (non-hydrogen) atoms. The van der Waals surface area contributed by atoms with Crippen LogP contribution in [0.5, 0.6) is 0 Å². The van der Waals surface area contributed by atoms with Crippen molar-refractivity contribution in [2.45, 2.75) is 111 Å². The molecule has 1 aliphatic carbocycles. The van der Waals surface area contributed by atoms with Gasteiger partial charge in [-0.3, -0.25) is 0 Å². The Kier molecular flexibility index (Phi) is 11.8. The summed E-state index contributed by atoms with van der Waals surface area (Å²) in [5.41, 5.74) is 0.504. The molecular formula is C25H48FN. The van der Waals surface area contributed by atoms with E-state index in [9.17, 15) is 4.39 Å². The summed E-state index contributed by atoms with van der Waals surface area (Å²) >= 11 is 0. The summed E-state index contributed by atoms with van der Waals surface area (Å²) in [7, 11) is 0. The van der Waals surface area contributed by atoms with Crippen molar-refractivity contribution in [1.82, 2.24) is 4.90 Å². The van der Waals surface area contributed by atoms with Crippen molar-refractivity contribution in [3.8, 4) is 0 Å². The van der Waals surface area contributed by atoms with Gasteiger partial charge in [-0.05, 0) is 96.2 Å². The van der Waals surface area contributed by atoms with Gasteiger partial charge in [0.05, 0.1) is 0 Å². The monoisotopic (exact) mass is 381 g/mol. The quantitative estimate of drug-likeness (QED) is 0.246. The van der Waals surface area contributed by atoms with E-state index in [4.69, 9.17) is 0 Å². The van der Waals surface area contributed by atoms with E-state index in [1.807, 2.05) is 0 Å². The van der Waals surface area contributed by atoms with Crippen LogP contribution in [0.2, 0.25) is 0 Å². The molecule has 0 spiro atoms. The highest BCUT2D eigenvalue weighted by Crippen LogP contribution is 2.43. The van der Waals surface area contributed by atoms with E-state index in [0.29, 0.717) is 11.8 Å². The number of rotatable bonds is 16. The van der Waals surface area contributed by atoms with Crippen molar-refractivity contribution in [2.24, 2.45) is 17.8 Å². The van der Waals surface area contributed by atoms with E-state index in [-0.39, 0.29) is 0 Å². The second-order valence-electron chi connectivity index (χ2n) is 9.68. The minimum absolute atomic E-state index is 0.643. The van der Waals surface area contributed by atoms with Crippen LogP contribution in [0.15, 0.2) is 12.2 Å². The fraction of sp³-hybridized carbons (Fsp3) is 0.920. The molecule has 1 nitrogen and oxygen atoms in total. The van der Waals surface area contributed by atoms with Crippen LogP contribution >= 0.6 is 0 Å². The number of nitrogens with zero attached hydrogens (tertiary/aromatic N) is 1. The third-order valence-corrected chi connectivity index (χ3v) is 6.54. The van der Waals surface area contributed by atoms with Crippen LogP contribution in [0.1, 0.15) is 105 Å². The molecule has 0 aliphatic heterocycles. The molecule has 2 heteroatoms. The van der Waals surface area contributed by atoms with Gasteiger partial charge in [0.15, 0.2) is 0 Å². The summed E-state index contributed by atoms with van der Waals surface area (Å²) in [6.07, 6.45) is 13.1. The zero-order valence-electron chi connectivity index (χ0n) is 19.2. The third-order valence-electron chi connectivity index (χ3n) is 6.54. The number of hydrogen-bond acceptors (Lipinski definition) is 1. The van der Waals surface area contributed by atoms with Crippen LogP contribution in [0.4, 0.5) is 4.39 Å². The summed E-state index contributed by atoms with van der Waals surface area (Å²) in [5, 5.41) is 0. The largest absolute Gasteiger partial charge is 0.303 e. The molecule has 0 aromatic carbocycles. The molecule has 0 amide bonds. The van der Waals surface area contributed by atoms with Gasteiger partial charge < -0.3 is 4.90 Å². The molecular weight excluding hydrogens is 333 g/mol. The van der Waals surface area contributed by atoms with Crippen molar-refractivity contribution in [3.05, 3.63) is 12.2 Å². The maximum atomic E-state index is 13.7. The normalized spacial score (nSPS) is 24.6. The zero-order chi connectivity index (χ0) is 20.3. The average Bonchev–Trinajstić information content (AvgIpc) is 2.57. The van der Waals surface area contributed by atoms with Crippen molar-refractivity contribution in [3.63, 3.8) is 0 Å². The Labute approximate surface area is 170 Å². The standard InChI is InChI=1S/C25H48FN/c1-7-11-24(21(4)5)18-22(14-17-27(15-8-2)16-9-3)12-10-13-23-19-25(6,26)20-23/h22-24H,4,7-20H2,1-3,5-6H3. The maximum Gasteiger partial charge on any atom is 0.108 e. The maximum absolute atomic E-state index is 13.7. The Balaban J connectivity index is 2.51. The van der Waals surface area contributed by atoms with E-state index in [2.05, 4.69) is 39.2 Å². The number of alkyl halides is 1. The highest BCUT2D eigenvalue weighted by atomic mass is 19.1. The lowest BCUT2D eigenvalue weighted by Crippen LogP contribution is -2.36. The summed E-state index contributed by atoms with van der Waals surface area (Å²) in [6.45, 7) is 18.8. The number of allylic oxidation sites excluding steroid dienone is 1. The molecule has 0 heterocycles. The fourth-order valence-corrected chi connectivity index (χ4v) is 5.07. The van der Waals surface area contributed by atoms with Crippen LogP contribution in [0.3, 0.4) is 0 Å². The topological polar surface area (TPSA) is 3.24 Å². The highest BCUT2D eigenvalue weighted by molar-refractivity contribution is 4.97. The fourth-order valence-electron chi connectivity index (χ4n) is 5.07. The molecule has 0 saturated heterocycles. The van der Waals surface area contributed by atoms with Crippen molar-refractivity contribution in [1.29, 1.82) is 0 Å². The Morgan fingerprint density at radius 3 is 2.15 bits per heavy atom. The van der Waals surface area contributed by atoms with E-state index in [1.54, 1.807) is 6.92 Å². The molecule has 1 fully saturated rings. The molecule has 1 aliphatic rings. The molecule has 0 radical (unpaired) electrons. The Morgan fingerprint density at radius 1 is 1.04 bits per heavy atom. The first-order chi connectivity index (χ1) is 12.8. The second-order valence-corrected chi connectivity index (χ2v) is 9.68. The number of hydrogen-bond donors (Lipinski definition) is 0. The van der Waals surface area contributed by atoms with Gasteiger partial charge in [0, 0.05) is 0 Å². The van der Waals surface area contributed by atoms with Gasteiger partial charge in [-0.15, -0.1) is 0 Å². The van der Waals surface area contributed by atoms with Gasteiger partial charge in [-0.1, -0.05) is 58.6 Å². The first kappa shape index (κ1) is 24.7. The van der Waals surface area contributed by atoms with Crippen LogP contribution in [0, 0.1) is 17.8 Å². The van der Waals surface area contributed by atoms with Gasteiger partial charge in [0.1, 0.15) is 5.67 Å². The SMILES string of the molecule is C=C(C)C(CCC)CC(CCCC1CC(C)(F)C1)CCN(CCC)CCC. The molecule has 0 aromatic rings. The number of halogens is 1. The molecule has 2 atom stereocenters. The molecule has 1 saturated carbocycles. The molecule has 2 unspecified atom stereocenters. The smallest absolute Gasteiger partial charge is 0.108 e. The molecule has 0 bridgehead atoms. The Hall–Kier alpha value is -0.370. The van der Waals surface area contributed by atoms with Crippen molar-refractivity contribution >= 4 is 0 Å². The summed E-state index contributed by atoms with van der Waals surface area (Å²) in [6, 6.07) is 0. The van der Waals surface area contributed by atoms with Crippen LogP contribution in [0.25, 0.3) is 0 Å². The summed E-state index contributed by atoms with van der Waals surface area (Å²) in [4.78, 5) is 2.66. The van der Waals surface area contributed by atoms with Crippen LogP contribution in [-0.4, -0.2) is 30.2 Å². The third kappa shape index (κ3) is 10.1. The Morgan fingerprint density at radius 2 is 1.67 bits per heavy atom. The molecule has 0 N–H and O–H groups in total. The van der Waals surface area contributed by atoms with E-state index in [1.165, 1.54) is 83.0 Å². The predicted molar refractivity (Wildman–Crippen MR) is 119 cm³/mol. The lowest BCUT2D eigenvalue weighted by molar-refractivity contribution is 0.0195. The average molecular weight is 382 g/mol. The Bertz CT molecular complexity index is 389. The van der Waals surface area contributed by atoms with Gasteiger partial charge in [0.25, 0.3) is 0 Å². The predicted octanol–water partition coefficient (Wildman–Crippen LogP) is 7.81. The van der Waals surface area contributed by atoms with Crippen molar-refractivity contribution in [2.75, 3.05) is 19.6 Å². The minimum atomic E-state index is -0.864. The van der Waals surface area contributed by atoms with E-state index in [0.717, 1.165) is 18.8 Å². The summed E-state index contributed by atoms with van der Waals surface area (Å²) in [5.74, 6) is 2.12.